The van der Waals surface area contributed by atoms with Crippen molar-refractivity contribution < 1.29 is 9.47 Å². The van der Waals surface area contributed by atoms with Gasteiger partial charge in [-0.2, -0.15) is 0 Å². The standard InChI is InChI=1S/C13H24N4O2/c1-3-18-7-5-17(6-8-19-4-2)13-11-15-10-12(9-14)16-13/h10-11H,3-9,14H2,1-2H3. The molecule has 0 saturated carbocycles. The fraction of sp³-hybridized carbons (Fsp3) is 0.692. The lowest BCUT2D eigenvalue weighted by Crippen LogP contribution is -2.32. The van der Waals surface area contributed by atoms with E-state index in [1.165, 1.54) is 0 Å². The zero-order chi connectivity index (χ0) is 13.9. The normalized spacial score (nSPS) is 10.7. The van der Waals surface area contributed by atoms with Gasteiger partial charge in [-0.25, -0.2) is 4.98 Å². The Morgan fingerprint density at radius 3 is 2.26 bits per heavy atom. The molecule has 0 saturated heterocycles. The molecule has 6 heteroatoms. The first-order valence-corrected chi connectivity index (χ1v) is 6.73. The maximum Gasteiger partial charge on any atom is 0.147 e. The van der Waals surface area contributed by atoms with E-state index >= 15 is 0 Å². The molecule has 19 heavy (non-hydrogen) atoms. The van der Waals surface area contributed by atoms with Crippen molar-refractivity contribution in [1.82, 2.24) is 9.97 Å². The van der Waals surface area contributed by atoms with Gasteiger partial charge in [0.05, 0.1) is 25.1 Å². The molecule has 6 nitrogen and oxygen atoms in total. The van der Waals surface area contributed by atoms with Gasteiger partial charge in [-0.3, -0.25) is 4.98 Å². The van der Waals surface area contributed by atoms with Gasteiger partial charge in [-0.1, -0.05) is 0 Å². The minimum atomic E-state index is 0.394. The van der Waals surface area contributed by atoms with E-state index in [4.69, 9.17) is 15.2 Å². The number of hydrogen-bond donors (Lipinski definition) is 1. The minimum Gasteiger partial charge on any atom is -0.380 e. The summed E-state index contributed by atoms with van der Waals surface area (Å²) in [6.45, 7) is 8.66. The van der Waals surface area contributed by atoms with E-state index in [9.17, 15) is 0 Å². The number of nitrogens with two attached hydrogens (primary N) is 1. The highest BCUT2D eigenvalue weighted by molar-refractivity contribution is 5.36. The van der Waals surface area contributed by atoms with Crippen LogP contribution in [0.15, 0.2) is 12.4 Å². The van der Waals surface area contributed by atoms with Gasteiger partial charge in [0.25, 0.3) is 0 Å². The molecule has 0 aromatic carbocycles. The molecule has 1 aromatic heterocycles. The van der Waals surface area contributed by atoms with Gasteiger partial charge >= 0.3 is 0 Å². The van der Waals surface area contributed by atoms with Gasteiger partial charge in [0.15, 0.2) is 0 Å². The minimum absolute atomic E-state index is 0.394. The van der Waals surface area contributed by atoms with Crippen LogP contribution in [0.2, 0.25) is 0 Å². The highest BCUT2D eigenvalue weighted by Crippen LogP contribution is 2.09. The van der Waals surface area contributed by atoms with Crippen molar-refractivity contribution in [2.45, 2.75) is 20.4 Å². The lowest BCUT2D eigenvalue weighted by Gasteiger charge is -2.23. The molecular weight excluding hydrogens is 244 g/mol. The summed E-state index contributed by atoms with van der Waals surface area (Å²) < 4.78 is 10.8. The number of aromatic nitrogens is 2. The second-order valence-corrected chi connectivity index (χ2v) is 3.95. The van der Waals surface area contributed by atoms with Gasteiger partial charge < -0.3 is 20.1 Å². The monoisotopic (exact) mass is 268 g/mol. The predicted molar refractivity (Wildman–Crippen MR) is 75.1 cm³/mol. The molecule has 0 atom stereocenters. The Kier molecular flexibility index (Phi) is 8.04. The third-order valence-corrected chi connectivity index (χ3v) is 2.62. The van der Waals surface area contributed by atoms with Crippen molar-refractivity contribution >= 4 is 5.82 Å². The highest BCUT2D eigenvalue weighted by Gasteiger charge is 2.09. The average Bonchev–Trinajstić information content (AvgIpc) is 2.46. The Labute approximate surface area is 114 Å². The highest BCUT2D eigenvalue weighted by atomic mass is 16.5. The topological polar surface area (TPSA) is 73.5 Å². The van der Waals surface area contributed by atoms with Crippen LogP contribution in [0.4, 0.5) is 5.82 Å². The van der Waals surface area contributed by atoms with Crippen LogP contribution in [0.3, 0.4) is 0 Å². The third kappa shape index (κ3) is 5.96. The zero-order valence-corrected chi connectivity index (χ0v) is 11.8. The number of ether oxygens (including phenoxy) is 2. The van der Waals surface area contributed by atoms with E-state index in [-0.39, 0.29) is 0 Å². The second kappa shape index (κ2) is 9.66. The lowest BCUT2D eigenvalue weighted by atomic mass is 10.4. The zero-order valence-electron chi connectivity index (χ0n) is 11.8. The SMILES string of the molecule is CCOCCN(CCOCC)c1cncc(CN)n1. The fourth-order valence-electron chi connectivity index (χ4n) is 1.62. The van der Waals surface area contributed by atoms with Crippen LogP contribution < -0.4 is 10.6 Å². The Bertz CT molecular complexity index is 339. The molecule has 0 aliphatic carbocycles. The molecule has 1 rings (SSSR count). The summed E-state index contributed by atoms with van der Waals surface area (Å²) in [5, 5.41) is 0. The second-order valence-electron chi connectivity index (χ2n) is 3.95. The summed E-state index contributed by atoms with van der Waals surface area (Å²) in [5.41, 5.74) is 6.38. The predicted octanol–water partition coefficient (Wildman–Crippen LogP) is 0.815. The first-order valence-electron chi connectivity index (χ1n) is 6.73. The lowest BCUT2D eigenvalue weighted by molar-refractivity contribution is 0.141. The Morgan fingerprint density at radius 1 is 1.11 bits per heavy atom. The Balaban J connectivity index is 2.63. The van der Waals surface area contributed by atoms with E-state index in [1.54, 1.807) is 12.4 Å². The van der Waals surface area contributed by atoms with Crippen molar-refractivity contribution in [3.63, 3.8) is 0 Å². The maximum atomic E-state index is 5.59. The van der Waals surface area contributed by atoms with Gasteiger partial charge in [-0.05, 0) is 13.8 Å². The Hall–Kier alpha value is -1.24. The van der Waals surface area contributed by atoms with E-state index in [1.807, 2.05) is 13.8 Å². The summed E-state index contributed by atoms with van der Waals surface area (Å²) in [7, 11) is 0. The average molecular weight is 268 g/mol. The molecule has 0 spiro atoms. The van der Waals surface area contributed by atoms with Crippen LogP contribution >= 0.6 is 0 Å². The molecule has 2 N–H and O–H groups in total. The molecule has 1 heterocycles. The van der Waals surface area contributed by atoms with Crippen LogP contribution in [0.25, 0.3) is 0 Å². The third-order valence-electron chi connectivity index (χ3n) is 2.62. The quantitative estimate of drug-likeness (QED) is 0.633. The first kappa shape index (κ1) is 15.8. The number of nitrogens with zero attached hydrogens (tertiary/aromatic N) is 3. The largest absolute Gasteiger partial charge is 0.380 e. The molecule has 0 aliphatic heterocycles. The molecule has 108 valence electrons. The Morgan fingerprint density at radius 2 is 1.74 bits per heavy atom. The van der Waals surface area contributed by atoms with E-state index in [2.05, 4.69) is 14.9 Å². The van der Waals surface area contributed by atoms with Crippen molar-refractivity contribution in [2.24, 2.45) is 5.73 Å². The van der Waals surface area contributed by atoms with Crippen molar-refractivity contribution in [3.8, 4) is 0 Å². The molecule has 0 bridgehead atoms. The molecule has 0 fully saturated rings. The summed E-state index contributed by atoms with van der Waals surface area (Å²) in [5.74, 6) is 0.822. The van der Waals surface area contributed by atoms with Gasteiger partial charge in [0.1, 0.15) is 5.82 Å². The van der Waals surface area contributed by atoms with Crippen LogP contribution in [0.5, 0.6) is 0 Å². The first-order chi connectivity index (χ1) is 9.31. The van der Waals surface area contributed by atoms with Crippen LogP contribution in [-0.2, 0) is 16.0 Å². The van der Waals surface area contributed by atoms with Crippen LogP contribution in [0, 0.1) is 0 Å². The summed E-state index contributed by atoms with van der Waals surface area (Å²) in [4.78, 5) is 10.8. The summed E-state index contributed by atoms with van der Waals surface area (Å²) in [6.07, 6.45) is 3.43. The van der Waals surface area contributed by atoms with Gasteiger partial charge in [0, 0.05) is 39.0 Å². The van der Waals surface area contributed by atoms with Crippen molar-refractivity contribution in [1.29, 1.82) is 0 Å². The number of rotatable bonds is 10. The van der Waals surface area contributed by atoms with E-state index in [0.717, 1.165) is 24.6 Å². The van der Waals surface area contributed by atoms with Crippen molar-refractivity contribution in [3.05, 3.63) is 18.1 Å². The summed E-state index contributed by atoms with van der Waals surface area (Å²) >= 11 is 0. The fourth-order valence-corrected chi connectivity index (χ4v) is 1.62. The maximum absolute atomic E-state index is 5.59. The molecular formula is C13H24N4O2. The van der Waals surface area contributed by atoms with Crippen molar-refractivity contribution in [2.75, 3.05) is 44.4 Å². The number of anilines is 1. The smallest absolute Gasteiger partial charge is 0.147 e. The molecule has 0 radical (unpaired) electrons. The summed E-state index contributed by atoms with van der Waals surface area (Å²) in [6, 6.07) is 0. The van der Waals surface area contributed by atoms with E-state index < -0.39 is 0 Å². The number of hydrogen-bond acceptors (Lipinski definition) is 6. The molecule has 0 aliphatic rings. The van der Waals surface area contributed by atoms with Crippen LogP contribution in [0.1, 0.15) is 19.5 Å². The van der Waals surface area contributed by atoms with E-state index in [0.29, 0.717) is 33.0 Å². The van der Waals surface area contributed by atoms with Crippen LogP contribution in [-0.4, -0.2) is 49.5 Å². The van der Waals surface area contributed by atoms with Gasteiger partial charge in [0.2, 0.25) is 0 Å². The van der Waals surface area contributed by atoms with Gasteiger partial charge in [-0.15, -0.1) is 0 Å². The molecule has 1 aromatic rings. The molecule has 0 unspecified atom stereocenters. The molecule has 0 amide bonds.